The number of hydrogen-bond donors (Lipinski definition) is 2. The van der Waals surface area contributed by atoms with Crippen molar-refractivity contribution in [3.8, 4) is 22.9 Å². The van der Waals surface area contributed by atoms with Crippen molar-refractivity contribution >= 4 is 5.95 Å². The molecule has 25 heavy (non-hydrogen) atoms. The van der Waals surface area contributed by atoms with Crippen molar-refractivity contribution < 1.29 is 4.42 Å². The Morgan fingerprint density at radius 1 is 1.04 bits per heavy atom. The van der Waals surface area contributed by atoms with Crippen molar-refractivity contribution in [1.29, 1.82) is 0 Å². The second kappa shape index (κ2) is 6.72. The van der Waals surface area contributed by atoms with Crippen LogP contribution in [0.5, 0.6) is 0 Å². The van der Waals surface area contributed by atoms with Gasteiger partial charge in [0, 0.05) is 11.6 Å². The number of benzene rings is 1. The summed E-state index contributed by atoms with van der Waals surface area (Å²) in [5, 5.41) is 6.59. The van der Waals surface area contributed by atoms with Crippen LogP contribution < -0.4 is 5.73 Å². The lowest BCUT2D eigenvalue weighted by Crippen LogP contribution is -2.32. The third-order valence-corrected chi connectivity index (χ3v) is 4.96. The molecule has 3 aromatic rings. The molecule has 0 saturated carbocycles. The molecule has 6 nitrogen and oxygen atoms in total. The lowest BCUT2D eigenvalue weighted by atomic mass is 10.0. The number of hydrogen-bond acceptors (Lipinski definition) is 5. The molecule has 3 heterocycles. The fourth-order valence-corrected chi connectivity index (χ4v) is 3.45. The number of nitrogens with one attached hydrogen (secondary N) is 1. The SMILES string of the molecule is CC(c1ccc(-c2ccc(-c3nc(N)n[nH]3)o2)cc1)N1CCCCC1. The average Bonchev–Trinajstić information content (AvgIpc) is 3.31. The third kappa shape index (κ3) is 3.30. The first-order valence-electron chi connectivity index (χ1n) is 8.83. The molecule has 0 aliphatic carbocycles. The van der Waals surface area contributed by atoms with Crippen molar-refractivity contribution in [3.63, 3.8) is 0 Å². The van der Waals surface area contributed by atoms with Crippen molar-refractivity contribution in [2.75, 3.05) is 18.8 Å². The molecule has 0 spiro atoms. The minimum absolute atomic E-state index is 0.212. The van der Waals surface area contributed by atoms with Crippen LogP contribution in [0.3, 0.4) is 0 Å². The van der Waals surface area contributed by atoms with Crippen LogP contribution in [0.15, 0.2) is 40.8 Å². The predicted molar refractivity (Wildman–Crippen MR) is 97.8 cm³/mol. The maximum absolute atomic E-state index is 5.89. The number of aromatic nitrogens is 3. The molecule has 0 amide bonds. The van der Waals surface area contributed by atoms with Crippen molar-refractivity contribution in [2.24, 2.45) is 0 Å². The van der Waals surface area contributed by atoms with Gasteiger partial charge >= 0.3 is 0 Å². The summed E-state index contributed by atoms with van der Waals surface area (Å²) in [7, 11) is 0. The Morgan fingerprint density at radius 3 is 2.44 bits per heavy atom. The number of rotatable bonds is 4. The minimum atomic E-state index is 0.212. The maximum atomic E-state index is 5.89. The van der Waals surface area contributed by atoms with Gasteiger partial charge in [0.25, 0.3) is 0 Å². The van der Waals surface area contributed by atoms with E-state index >= 15 is 0 Å². The summed E-state index contributed by atoms with van der Waals surface area (Å²) < 4.78 is 5.89. The summed E-state index contributed by atoms with van der Waals surface area (Å²) in [5.41, 5.74) is 7.94. The second-order valence-corrected chi connectivity index (χ2v) is 6.60. The first-order valence-corrected chi connectivity index (χ1v) is 8.83. The summed E-state index contributed by atoms with van der Waals surface area (Å²) >= 11 is 0. The minimum Gasteiger partial charge on any atom is -0.453 e. The number of nitrogens with zero attached hydrogens (tertiary/aromatic N) is 3. The van der Waals surface area contributed by atoms with Crippen molar-refractivity contribution in [2.45, 2.75) is 32.2 Å². The van der Waals surface area contributed by atoms with Gasteiger partial charge in [-0.15, -0.1) is 5.10 Å². The summed E-state index contributed by atoms with van der Waals surface area (Å²) in [6.45, 7) is 4.69. The van der Waals surface area contributed by atoms with E-state index in [0.29, 0.717) is 17.6 Å². The molecular weight excluding hydrogens is 314 g/mol. The van der Waals surface area contributed by atoms with E-state index in [2.05, 4.69) is 51.3 Å². The highest BCUT2D eigenvalue weighted by molar-refractivity contribution is 5.62. The lowest BCUT2D eigenvalue weighted by Gasteiger charge is -2.32. The highest BCUT2D eigenvalue weighted by Gasteiger charge is 2.18. The molecule has 4 rings (SSSR count). The molecule has 3 N–H and O–H groups in total. The number of nitrogen functional groups attached to an aromatic ring is 1. The topological polar surface area (TPSA) is 84.0 Å². The number of furan rings is 1. The highest BCUT2D eigenvalue weighted by atomic mass is 16.3. The van der Waals surface area contributed by atoms with Crippen LogP contribution in [0.25, 0.3) is 22.9 Å². The summed E-state index contributed by atoms with van der Waals surface area (Å²) in [4.78, 5) is 6.66. The van der Waals surface area contributed by atoms with Gasteiger partial charge in [-0.2, -0.15) is 4.98 Å². The Hall–Kier alpha value is -2.60. The van der Waals surface area contributed by atoms with Gasteiger partial charge in [-0.3, -0.25) is 10.00 Å². The van der Waals surface area contributed by atoms with E-state index in [1.165, 1.54) is 37.9 Å². The number of piperidine rings is 1. The van der Waals surface area contributed by atoms with Crippen LogP contribution >= 0.6 is 0 Å². The zero-order valence-corrected chi connectivity index (χ0v) is 14.4. The van der Waals surface area contributed by atoms with Crippen LogP contribution in [-0.4, -0.2) is 33.2 Å². The fourth-order valence-electron chi connectivity index (χ4n) is 3.45. The van der Waals surface area contributed by atoms with Gasteiger partial charge in [-0.05, 0) is 50.6 Å². The summed E-state index contributed by atoms with van der Waals surface area (Å²) in [5.74, 6) is 2.19. The van der Waals surface area contributed by atoms with Crippen molar-refractivity contribution in [3.05, 3.63) is 42.0 Å². The van der Waals surface area contributed by atoms with Gasteiger partial charge in [-0.1, -0.05) is 30.7 Å². The zero-order chi connectivity index (χ0) is 17.2. The van der Waals surface area contributed by atoms with Crippen LogP contribution in [0, 0.1) is 0 Å². The van der Waals surface area contributed by atoms with E-state index in [4.69, 9.17) is 10.2 Å². The average molecular weight is 337 g/mol. The quantitative estimate of drug-likeness (QED) is 0.755. The number of aromatic amines is 1. The van der Waals surface area contributed by atoms with Gasteiger partial charge < -0.3 is 10.2 Å². The molecule has 6 heteroatoms. The molecular formula is C19H23N5O. The highest BCUT2D eigenvalue weighted by Crippen LogP contribution is 2.29. The first-order chi connectivity index (χ1) is 12.2. The Morgan fingerprint density at radius 2 is 1.76 bits per heavy atom. The number of H-pyrrole nitrogens is 1. The van der Waals surface area contributed by atoms with Gasteiger partial charge in [0.05, 0.1) is 0 Å². The fraction of sp³-hybridized carbons (Fsp3) is 0.368. The Kier molecular flexibility index (Phi) is 4.28. The van der Waals surface area contributed by atoms with E-state index in [-0.39, 0.29) is 5.95 Å². The normalized spacial score (nSPS) is 16.8. The summed E-state index contributed by atoms with van der Waals surface area (Å²) in [6.07, 6.45) is 3.98. The standard InChI is InChI=1S/C19H23N5O/c1-13(24-11-3-2-4-12-24)14-5-7-15(8-6-14)16-9-10-17(25-16)18-21-19(20)23-22-18/h5-10,13H,2-4,11-12H2,1H3,(H3,20,21,22,23). The molecule has 1 aromatic carbocycles. The molecule has 1 atom stereocenters. The molecule has 2 aromatic heterocycles. The summed E-state index contributed by atoms with van der Waals surface area (Å²) in [6, 6.07) is 12.9. The molecule has 1 aliphatic heterocycles. The number of anilines is 1. The van der Waals surface area contributed by atoms with Gasteiger partial charge in [0.15, 0.2) is 11.6 Å². The first kappa shape index (κ1) is 15.9. The predicted octanol–water partition coefficient (Wildman–Crippen LogP) is 3.86. The van der Waals surface area contributed by atoms with Crippen molar-refractivity contribution in [1.82, 2.24) is 20.1 Å². The van der Waals surface area contributed by atoms with Crippen LogP contribution in [0.2, 0.25) is 0 Å². The van der Waals surface area contributed by atoms with Crippen LogP contribution in [0.4, 0.5) is 5.95 Å². The molecule has 130 valence electrons. The van der Waals surface area contributed by atoms with Crippen LogP contribution in [-0.2, 0) is 0 Å². The zero-order valence-electron chi connectivity index (χ0n) is 14.4. The van der Waals surface area contributed by atoms with Gasteiger partial charge in [0.2, 0.25) is 5.95 Å². The Balaban J connectivity index is 1.51. The lowest BCUT2D eigenvalue weighted by molar-refractivity contribution is 0.175. The molecule has 0 bridgehead atoms. The second-order valence-electron chi connectivity index (χ2n) is 6.60. The van der Waals surface area contributed by atoms with E-state index < -0.39 is 0 Å². The Labute approximate surface area is 147 Å². The van der Waals surface area contributed by atoms with Crippen LogP contribution in [0.1, 0.15) is 37.8 Å². The number of likely N-dealkylation sites (tertiary alicyclic amines) is 1. The molecule has 1 fully saturated rings. The Bertz CT molecular complexity index is 830. The van der Waals surface area contributed by atoms with E-state index in [1.807, 2.05) is 12.1 Å². The monoisotopic (exact) mass is 337 g/mol. The van der Waals surface area contributed by atoms with E-state index in [0.717, 1.165) is 11.3 Å². The molecule has 1 saturated heterocycles. The largest absolute Gasteiger partial charge is 0.453 e. The molecule has 0 radical (unpaired) electrons. The van der Waals surface area contributed by atoms with E-state index in [9.17, 15) is 0 Å². The third-order valence-electron chi connectivity index (χ3n) is 4.96. The smallest absolute Gasteiger partial charge is 0.239 e. The van der Waals surface area contributed by atoms with Gasteiger partial charge in [-0.25, -0.2) is 0 Å². The van der Waals surface area contributed by atoms with E-state index in [1.54, 1.807) is 0 Å². The van der Waals surface area contributed by atoms with Gasteiger partial charge in [0.1, 0.15) is 5.76 Å². The molecule has 1 unspecified atom stereocenters. The molecule has 1 aliphatic rings. The number of nitrogens with two attached hydrogens (primary N) is 1. The maximum Gasteiger partial charge on any atom is 0.239 e.